The lowest BCUT2D eigenvalue weighted by atomic mass is 10.2. The van der Waals surface area contributed by atoms with Gasteiger partial charge in [-0.15, -0.1) is 0 Å². The van der Waals surface area contributed by atoms with Crippen LogP contribution in [0.1, 0.15) is 26.8 Å². The number of morpholine rings is 1. The highest BCUT2D eigenvalue weighted by molar-refractivity contribution is 7.99. The number of rotatable bonds is 5. The second kappa shape index (κ2) is 7.88. The van der Waals surface area contributed by atoms with Crippen molar-refractivity contribution in [2.24, 2.45) is 0 Å². The van der Waals surface area contributed by atoms with E-state index in [1.54, 1.807) is 24.2 Å². The number of hydrogen-bond acceptors (Lipinski definition) is 9. The Balaban J connectivity index is 1.96. The maximum atomic E-state index is 5.67. The summed E-state index contributed by atoms with van der Waals surface area (Å²) in [7, 11) is 0. The van der Waals surface area contributed by atoms with Gasteiger partial charge in [0.1, 0.15) is 11.2 Å². The standard InChI is InChI=1S/C18H24N8OS/c1-4-28-18-23-14-13(12-9-20-16(19)21-10-12)22-17(25-5-7-27-8-6-25)24-15(14)26(18)11(2)3/h9-11H,4-8H2,1-3H3,(H2,19,20,21). The average molecular weight is 401 g/mol. The molecule has 1 fully saturated rings. The quantitative estimate of drug-likeness (QED) is 0.646. The lowest BCUT2D eigenvalue weighted by molar-refractivity contribution is 0.122. The van der Waals surface area contributed by atoms with E-state index in [2.05, 4.69) is 40.2 Å². The number of nitrogens with two attached hydrogens (primary N) is 1. The molecule has 1 aliphatic rings. The zero-order valence-electron chi connectivity index (χ0n) is 16.3. The third-order valence-corrected chi connectivity index (χ3v) is 5.36. The van der Waals surface area contributed by atoms with Crippen LogP contribution in [0, 0.1) is 0 Å². The highest BCUT2D eigenvalue weighted by atomic mass is 32.2. The summed E-state index contributed by atoms with van der Waals surface area (Å²) in [6.07, 6.45) is 3.38. The Labute approximate surface area is 167 Å². The molecule has 28 heavy (non-hydrogen) atoms. The Bertz CT molecular complexity index is 966. The van der Waals surface area contributed by atoms with Gasteiger partial charge in [-0.25, -0.2) is 19.9 Å². The number of thioether (sulfide) groups is 1. The normalized spacial score (nSPS) is 14.9. The van der Waals surface area contributed by atoms with Crippen LogP contribution >= 0.6 is 11.8 Å². The molecule has 0 saturated carbocycles. The summed E-state index contributed by atoms with van der Waals surface area (Å²) in [6, 6.07) is 0.224. The van der Waals surface area contributed by atoms with Crippen LogP contribution in [0.5, 0.6) is 0 Å². The first-order chi connectivity index (χ1) is 13.6. The van der Waals surface area contributed by atoms with Crippen molar-refractivity contribution in [1.82, 2.24) is 29.5 Å². The van der Waals surface area contributed by atoms with Crippen molar-refractivity contribution < 1.29 is 4.74 Å². The number of anilines is 2. The third kappa shape index (κ3) is 3.49. The van der Waals surface area contributed by atoms with Crippen LogP contribution in [0.4, 0.5) is 11.9 Å². The van der Waals surface area contributed by atoms with E-state index < -0.39 is 0 Å². The van der Waals surface area contributed by atoms with E-state index in [0.29, 0.717) is 19.2 Å². The van der Waals surface area contributed by atoms with Gasteiger partial charge in [0.25, 0.3) is 0 Å². The average Bonchev–Trinajstić information content (AvgIpc) is 3.07. The Morgan fingerprint density at radius 1 is 1.14 bits per heavy atom. The number of nitrogens with zero attached hydrogens (tertiary/aromatic N) is 7. The van der Waals surface area contributed by atoms with E-state index in [9.17, 15) is 0 Å². The number of nitrogen functional groups attached to an aromatic ring is 1. The number of fused-ring (bicyclic) bond motifs is 1. The van der Waals surface area contributed by atoms with Crippen molar-refractivity contribution in [3.8, 4) is 11.3 Å². The highest BCUT2D eigenvalue weighted by Crippen LogP contribution is 2.33. The summed E-state index contributed by atoms with van der Waals surface area (Å²) in [4.78, 5) is 25.1. The van der Waals surface area contributed by atoms with Crippen molar-refractivity contribution in [2.75, 3.05) is 42.7 Å². The minimum absolute atomic E-state index is 0.224. The summed E-state index contributed by atoms with van der Waals surface area (Å²) in [5.74, 6) is 1.84. The van der Waals surface area contributed by atoms with Crippen molar-refractivity contribution in [3.05, 3.63) is 12.4 Å². The molecule has 4 heterocycles. The molecule has 4 rings (SSSR count). The van der Waals surface area contributed by atoms with Crippen LogP contribution in [0.15, 0.2) is 17.6 Å². The zero-order valence-corrected chi connectivity index (χ0v) is 17.1. The summed E-state index contributed by atoms with van der Waals surface area (Å²) in [5.41, 5.74) is 8.76. The molecule has 0 aliphatic carbocycles. The number of imidazole rings is 1. The fourth-order valence-electron chi connectivity index (χ4n) is 3.21. The molecule has 148 valence electrons. The van der Waals surface area contributed by atoms with Gasteiger partial charge in [-0.2, -0.15) is 4.98 Å². The molecular weight excluding hydrogens is 376 g/mol. The first-order valence-electron chi connectivity index (χ1n) is 9.41. The maximum Gasteiger partial charge on any atom is 0.228 e. The fourth-order valence-corrected chi connectivity index (χ4v) is 4.06. The molecule has 1 saturated heterocycles. The summed E-state index contributed by atoms with van der Waals surface area (Å²) in [6.45, 7) is 9.26. The molecule has 0 bridgehead atoms. The highest BCUT2D eigenvalue weighted by Gasteiger charge is 2.23. The van der Waals surface area contributed by atoms with Gasteiger partial charge in [0.05, 0.1) is 13.2 Å². The van der Waals surface area contributed by atoms with E-state index in [-0.39, 0.29) is 12.0 Å². The van der Waals surface area contributed by atoms with Gasteiger partial charge in [0.2, 0.25) is 11.9 Å². The molecule has 0 amide bonds. The van der Waals surface area contributed by atoms with Crippen LogP contribution in [-0.4, -0.2) is 61.5 Å². The van der Waals surface area contributed by atoms with E-state index in [0.717, 1.165) is 46.4 Å². The predicted molar refractivity (Wildman–Crippen MR) is 111 cm³/mol. The third-order valence-electron chi connectivity index (χ3n) is 4.52. The molecule has 3 aromatic rings. The molecule has 3 aromatic heterocycles. The number of ether oxygens (including phenoxy) is 1. The molecule has 0 unspecified atom stereocenters. The molecule has 10 heteroatoms. The van der Waals surface area contributed by atoms with Crippen LogP contribution in [0.25, 0.3) is 22.4 Å². The molecule has 0 radical (unpaired) electrons. The molecule has 2 N–H and O–H groups in total. The Kier molecular flexibility index (Phi) is 5.31. The van der Waals surface area contributed by atoms with E-state index in [4.69, 9.17) is 25.4 Å². The Hall–Kier alpha value is -2.46. The zero-order chi connectivity index (χ0) is 19.7. The topological polar surface area (TPSA) is 108 Å². The van der Waals surface area contributed by atoms with Gasteiger partial charge in [-0.3, -0.25) is 0 Å². The second-order valence-electron chi connectivity index (χ2n) is 6.76. The van der Waals surface area contributed by atoms with Crippen LogP contribution in [0.3, 0.4) is 0 Å². The number of aromatic nitrogens is 6. The summed E-state index contributed by atoms with van der Waals surface area (Å²) >= 11 is 1.70. The second-order valence-corrected chi connectivity index (χ2v) is 8.00. The van der Waals surface area contributed by atoms with Crippen molar-refractivity contribution >= 4 is 34.8 Å². The molecule has 0 spiro atoms. The van der Waals surface area contributed by atoms with Crippen LogP contribution in [-0.2, 0) is 4.74 Å². The van der Waals surface area contributed by atoms with E-state index in [1.807, 2.05) is 0 Å². The summed E-state index contributed by atoms with van der Waals surface area (Å²) < 4.78 is 7.66. The Morgan fingerprint density at radius 3 is 2.50 bits per heavy atom. The molecule has 1 aliphatic heterocycles. The van der Waals surface area contributed by atoms with Gasteiger partial charge in [-0.1, -0.05) is 18.7 Å². The van der Waals surface area contributed by atoms with Crippen molar-refractivity contribution in [2.45, 2.75) is 32.0 Å². The van der Waals surface area contributed by atoms with E-state index in [1.165, 1.54) is 0 Å². The smallest absolute Gasteiger partial charge is 0.228 e. The first-order valence-corrected chi connectivity index (χ1v) is 10.4. The van der Waals surface area contributed by atoms with Gasteiger partial charge < -0.3 is 19.9 Å². The summed E-state index contributed by atoms with van der Waals surface area (Å²) in [5, 5.41) is 0.943. The minimum Gasteiger partial charge on any atom is -0.378 e. The first kappa shape index (κ1) is 18.9. The lowest BCUT2D eigenvalue weighted by Gasteiger charge is -2.27. The predicted octanol–water partition coefficient (Wildman–Crippen LogP) is 2.40. The van der Waals surface area contributed by atoms with Gasteiger partial charge in [0.15, 0.2) is 10.8 Å². The van der Waals surface area contributed by atoms with Gasteiger partial charge in [-0.05, 0) is 19.6 Å². The van der Waals surface area contributed by atoms with E-state index >= 15 is 0 Å². The molecule has 0 atom stereocenters. The van der Waals surface area contributed by atoms with Crippen molar-refractivity contribution in [1.29, 1.82) is 0 Å². The minimum atomic E-state index is 0.224. The largest absolute Gasteiger partial charge is 0.378 e. The van der Waals surface area contributed by atoms with Gasteiger partial charge >= 0.3 is 0 Å². The SMILES string of the molecule is CCSc1nc2c(-c3cnc(N)nc3)nc(N3CCOCC3)nc2n1C(C)C. The molecule has 0 aromatic carbocycles. The van der Waals surface area contributed by atoms with Gasteiger partial charge in [0, 0.05) is 37.1 Å². The molecule has 9 nitrogen and oxygen atoms in total. The lowest BCUT2D eigenvalue weighted by Crippen LogP contribution is -2.37. The molecular formula is C18H24N8OS. The van der Waals surface area contributed by atoms with Crippen molar-refractivity contribution in [3.63, 3.8) is 0 Å². The monoisotopic (exact) mass is 400 g/mol. The Morgan fingerprint density at radius 2 is 1.86 bits per heavy atom. The fraction of sp³-hybridized carbons (Fsp3) is 0.500. The van der Waals surface area contributed by atoms with Crippen LogP contribution < -0.4 is 10.6 Å². The maximum absolute atomic E-state index is 5.67. The number of hydrogen-bond donors (Lipinski definition) is 1. The van der Waals surface area contributed by atoms with Crippen LogP contribution in [0.2, 0.25) is 0 Å².